The quantitative estimate of drug-likeness (QED) is 0.878. The van der Waals surface area contributed by atoms with Crippen LogP contribution in [0.5, 0.6) is 11.5 Å². The molecule has 2 aromatic carbocycles. The molecule has 2 aromatic rings. The lowest BCUT2D eigenvalue weighted by molar-refractivity contribution is 0.0954. The molecular formula is C18H17ClN2O4. The number of fused-ring (bicyclic) bond motifs is 1. The molecule has 1 aliphatic rings. The van der Waals surface area contributed by atoms with E-state index in [1.807, 2.05) is 6.92 Å². The summed E-state index contributed by atoms with van der Waals surface area (Å²) in [5.74, 6) is 0.343. The number of halogens is 1. The van der Waals surface area contributed by atoms with E-state index < -0.39 is 0 Å². The summed E-state index contributed by atoms with van der Waals surface area (Å²) >= 11 is 6.16. The Morgan fingerprint density at radius 2 is 1.88 bits per heavy atom. The van der Waals surface area contributed by atoms with Gasteiger partial charge >= 0.3 is 0 Å². The van der Waals surface area contributed by atoms with Crippen molar-refractivity contribution in [3.8, 4) is 11.5 Å². The molecule has 2 N–H and O–H groups in total. The summed E-state index contributed by atoms with van der Waals surface area (Å²) in [4.78, 5) is 24.4. The van der Waals surface area contributed by atoms with E-state index in [9.17, 15) is 9.59 Å². The standard InChI is InChI=1S/C18H17ClN2O4/c1-2-20-17(22)11-4-3-5-13(8-11)21-18(23)12-9-14(19)16-15(10-12)24-6-7-25-16/h3-5,8-10H,2,6-7H2,1H3,(H,20,22)(H,21,23). The lowest BCUT2D eigenvalue weighted by atomic mass is 10.1. The van der Waals surface area contributed by atoms with Crippen LogP contribution < -0.4 is 20.1 Å². The monoisotopic (exact) mass is 360 g/mol. The Morgan fingerprint density at radius 3 is 2.68 bits per heavy atom. The van der Waals surface area contributed by atoms with Crippen LogP contribution >= 0.6 is 11.6 Å². The molecule has 7 heteroatoms. The number of anilines is 1. The molecule has 130 valence electrons. The van der Waals surface area contributed by atoms with E-state index in [-0.39, 0.29) is 11.8 Å². The smallest absolute Gasteiger partial charge is 0.255 e. The van der Waals surface area contributed by atoms with E-state index in [1.165, 1.54) is 6.07 Å². The fraction of sp³-hybridized carbons (Fsp3) is 0.222. The van der Waals surface area contributed by atoms with E-state index in [4.69, 9.17) is 21.1 Å². The number of carbonyl (C=O) groups is 2. The van der Waals surface area contributed by atoms with Gasteiger partial charge in [0.15, 0.2) is 11.5 Å². The Morgan fingerprint density at radius 1 is 1.08 bits per heavy atom. The van der Waals surface area contributed by atoms with Crippen LogP contribution in [0.4, 0.5) is 5.69 Å². The highest BCUT2D eigenvalue weighted by Gasteiger charge is 2.19. The van der Waals surface area contributed by atoms with Crippen molar-refractivity contribution in [3.63, 3.8) is 0 Å². The van der Waals surface area contributed by atoms with Crippen molar-refractivity contribution in [3.05, 3.63) is 52.5 Å². The van der Waals surface area contributed by atoms with E-state index in [1.54, 1.807) is 30.3 Å². The molecule has 1 heterocycles. The summed E-state index contributed by atoms with van der Waals surface area (Å²) in [6.07, 6.45) is 0. The minimum absolute atomic E-state index is 0.194. The van der Waals surface area contributed by atoms with Gasteiger partial charge in [0.25, 0.3) is 11.8 Å². The van der Waals surface area contributed by atoms with Gasteiger partial charge in [0.1, 0.15) is 13.2 Å². The average molecular weight is 361 g/mol. The second kappa shape index (κ2) is 7.44. The summed E-state index contributed by atoms with van der Waals surface area (Å²) in [7, 11) is 0. The number of hydrogen-bond acceptors (Lipinski definition) is 4. The van der Waals surface area contributed by atoms with Gasteiger partial charge < -0.3 is 20.1 Å². The van der Waals surface area contributed by atoms with Crippen LogP contribution in [0.2, 0.25) is 5.02 Å². The Bertz CT molecular complexity index is 823. The van der Waals surface area contributed by atoms with Gasteiger partial charge in [0.05, 0.1) is 5.02 Å². The van der Waals surface area contributed by atoms with Gasteiger partial charge in [-0.3, -0.25) is 9.59 Å². The molecule has 0 aromatic heterocycles. The first-order valence-electron chi connectivity index (χ1n) is 7.87. The predicted octanol–water partition coefficient (Wildman–Crippen LogP) is 3.11. The fourth-order valence-electron chi connectivity index (χ4n) is 2.45. The highest BCUT2D eigenvalue weighted by Crippen LogP contribution is 2.38. The molecule has 0 spiro atoms. The molecule has 0 aliphatic carbocycles. The third-order valence-corrected chi connectivity index (χ3v) is 3.86. The fourth-order valence-corrected chi connectivity index (χ4v) is 2.71. The molecule has 0 saturated carbocycles. The van der Waals surface area contributed by atoms with Gasteiger partial charge in [-0.25, -0.2) is 0 Å². The summed E-state index contributed by atoms with van der Waals surface area (Å²) in [6.45, 7) is 3.20. The van der Waals surface area contributed by atoms with Gasteiger partial charge in [0.2, 0.25) is 0 Å². The van der Waals surface area contributed by atoms with E-state index >= 15 is 0 Å². The van der Waals surface area contributed by atoms with Gasteiger partial charge in [-0.15, -0.1) is 0 Å². The number of amides is 2. The van der Waals surface area contributed by atoms with Crippen LogP contribution in [0, 0.1) is 0 Å². The number of benzene rings is 2. The zero-order valence-corrected chi connectivity index (χ0v) is 14.4. The van der Waals surface area contributed by atoms with Crippen LogP contribution in [0.1, 0.15) is 27.6 Å². The molecule has 0 unspecified atom stereocenters. The van der Waals surface area contributed by atoms with Crippen molar-refractivity contribution >= 4 is 29.1 Å². The van der Waals surface area contributed by atoms with E-state index in [2.05, 4.69) is 10.6 Å². The summed E-state index contributed by atoms with van der Waals surface area (Å²) in [5, 5.41) is 5.79. The zero-order chi connectivity index (χ0) is 17.8. The maximum absolute atomic E-state index is 12.5. The lowest BCUT2D eigenvalue weighted by Gasteiger charge is -2.20. The number of nitrogens with one attached hydrogen (secondary N) is 2. The largest absolute Gasteiger partial charge is 0.486 e. The van der Waals surface area contributed by atoms with Crippen LogP contribution in [-0.2, 0) is 0 Å². The molecule has 2 amide bonds. The number of rotatable bonds is 4. The van der Waals surface area contributed by atoms with E-state index in [0.717, 1.165) is 0 Å². The molecule has 1 aliphatic heterocycles. The van der Waals surface area contributed by atoms with Crippen molar-refractivity contribution in [2.24, 2.45) is 0 Å². The first-order chi connectivity index (χ1) is 12.1. The van der Waals surface area contributed by atoms with Gasteiger partial charge in [0, 0.05) is 23.4 Å². The van der Waals surface area contributed by atoms with Gasteiger partial charge in [-0.05, 0) is 37.3 Å². The highest BCUT2D eigenvalue weighted by molar-refractivity contribution is 6.32. The topological polar surface area (TPSA) is 76.7 Å². The number of carbonyl (C=O) groups excluding carboxylic acids is 2. The Kier molecular flexibility index (Phi) is 5.09. The molecule has 3 rings (SSSR count). The first kappa shape index (κ1) is 17.1. The molecular weight excluding hydrogens is 344 g/mol. The summed E-state index contributed by atoms with van der Waals surface area (Å²) in [6, 6.07) is 9.82. The van der Waals surface area contributed by atoms with Gasteiger partial charge in [-0.2, -0.15) is 0 Å². The first-order valence-corrected chi connectivity index (χ1v) is 8.25. The molecule has 0 bridgehead atoms. The van der Waals surface area contributed by atoms with Crippen LogP contribution in [0.25, 0.3) is 0 Å². The second-order valence-electron chi connectivity index (χ2n) is 5.38. The number of hydrogen-bond donors (Lipinski definition) is 2. The van der Waals surface area contributed by atoms with Crippen molar-refractivity contribution < 1.29 is 19.1 Å². The minimum atomic E-state index is -0.355. The lowest BCUT2D eigenvalue weighted by Crippen LogP contribution is -2.22. The maximum atomic E-state index is 12.5. The van der Waals surface area contributed by atoms with Crippen molar-refractivity contribution in [2.45, 2.75) is 6.92 Å². The molecule has 0 radical (unpaired) electrons. The van der Waals surface area contributed by atoms with Crippen molar-refractivity contribution in [2.75, 3.05) is 25.1 Å². The van der Waals surface area contributed by atoms with Crippen LogP contribution in [-0.4, -0.2) is 31.6 Å². The third kappa shape index (κ3) is 3.85. The molecule has 0 fully saturated rings. The SMILES string of the molecule is CCNC(=O)c1cccc(NC(=O)c2cc(Cl)c3c(c2)OCCO3)c1. The minimum Gasteiger partial charge on any atom is -0.486 e. The molecule has 6 nitrogen and oxygen atoms in total. The normalized spacial score (nSPS) is 12.4. The summed E-state index contributed by atoms with van der Waals surface area (Å²) in [5.41, 5.74) is 1.33. The Labute approximate surface area is 150 Å². The zero-order valence-electron chi connectivity index (χ0n) is 13.6. The average Bonchev–Trinajstić information content (AvgIpc) is 2.62. The summed E-state index contributed by atoms with van der Waals surface area (Å²) < 4.78 is 10.9. The van der Waals surface area contributed by atoms with Crippen molar-refractivity contribution in [1.29, 1.82) is 0 Å². The highest BCUT2D eigenvalue weighted by atomic mass is 35.5. The number of ether oxygens (including phenoxy) is 2. The predicted molar refractivity (Wildman–Crippen MR) is 94.8 cm³/mol. The van der Waals surface area contributed by atoms with Gasteiger partial charge in [-0.1, -0.05) is 17.7 Å². The maximum Gasteiger partial charge on any atom is 0.255 e. The van der Waals surface area contributed by atoms with Crippen LogP contribution in [0.15, 0.2) is 36.4 Å². The Hall–Kier alpha value is -2.73. The Balaban J connectivity index is 1.80. The molecule has 0 atom stereocenters. The third-order valence-electron chi connectivity index (χ3n) is 3.58. The van der Waals surface area contributed by atoms with Crippen molar-refractivity contribution in [1.82, 2.24) is 5.32 Å². The molecule has 0 saturated heterocycles. The second-order valence-corrected chi connectivity index (χ2v) is 5.78. The van der Waals surface area contributed by atoms with E-state index in [0.29, 0.717) is 53.1 Å². The molecule has 25 heavy (non-hydrogen) atoms. The van der Waals surface area contributed by atoms with Crippen LogP contribution in [0.3, 0.4) is 0 Å².